The van der Waals surface area contributed by atoms with E-state index in [2.05, 4.69) is 35.9 Å². The van der Waals surface area contributed by atoms with E-state index in [0.717, 1.165) is 67.7 Å². The second-order valence-electron chi connectivity index (χ2n) is 9.80. The molecule has 2 N–H and O–H groups in total. The van der Waals surface area contributed by atoms with Crippen LogP contribution in [0, 0.1) is 5.82 Å². The van der Waals surface area contributed by atoms with E-state index < -0.39 is 0 Å². The summed E-state index contributed by atoms with van der Waals surface area (Å²) < 4.78 is 21.4. The third kappa shape index (κ3) is 4.49. The number of carbonyl (C=O) groups is 1. The van der Waals surface area contributed by atoms with Gasteiger partial charge in [-0.1, -0.05) is 5.21 Å². The van der Waals surface area contributed by atoms with Gasteiger partial charge >= 0.3 is 0 Å². The minimum Gasteiger partial charge on any atom is -0.496 e. The van der Waals surface area contributed by atoms with Gasteiger partial charge < -0.3 is 15.0 Å². The maximum absolute atomic E-state index is 14.1. The van der Waals surface area contributed by atoms with Crippen LogP contribution in [-0.2, 0) is 0 Å². The smallest absolute Gasteiger partial charge is 0.255 e. The van der Waals surface area contributed by atoms with Gasteiger partial charge in [0.1, 0.15) is 11.6 Å². The maximum Gasteiger partial charge on any atom is 0.255 e. The van der Waals surface area contributed by atoms with Crippen LogP contribution < -0.4 is 15.0 Å². The summed E-state index contributed by atoms with van der Waals surface area (Å²) in [7, 11) is 1.61. The fraction of sp³-hybridized carbons (Fsp3) is 0.423. The van der Waals surface area contributed by atoms with Crippen LogP contribution in [-0.4, -0.2) is 55.8 Å². The van der Waals surface area contributed by atoms with Crippen LogP contribution >= 0.6 is 0 Å². The molecule has 0 bridgehead atoms. The van der Waals surface area contributed by atoms with Gasteiger partial charge in [0.15, 0.2) is 5.82 Å². The molecule has 0 radical (unpaired) electrons. The van der Waals surface area contributed by atoms with E-state index in [1.807, 2.05) is 18.3 Å². The molecular weight excluding hydrogens is 475 g/mol. The van der Waals surface area contributed by atoms with Gasteiger partial charge in [-0.05, 0) is 68.9 Å². The van der Waals surface area contributed by atoms with Gasteiger partial charge in [0, 0.05) is 36.0 Å². The lowest BCUT2D eigenvalue weighted by Crippen LogP contribution is -2.37. The molecule has 192 valence electrons. The Labute approximate surface area is 213 Å². The van der Waals surface area contributed by atoms with E-state index in [4.69, 9.17) is 4.74 Å². The molecule has 4 aromatic rings. The number of halogens is 1. The average molecular weight is 505 g/mol. The van der Waals surface area contributed by atoms with Crippen molar-refractivity contribution in [2.24, 2.45) is 0 Å². The molecule has 2 fully saturated rings. The largest absolute Gasteiger partial charge is 0.496 e. The number of methoxy groups -OCH3 is 1. The molecule has 0 spiro atoms. The van der Waals surface area contributed by atoms with Crippen LogP contribution in [0.5, 0.6) is 5.75 Å². The molecular formula is C26H29FN8O2. The Hall–Kier alpha value is -4.02. The van der Waals surface area contributed by atoms with Crippen LogP contribution in [0.2, 0.25) is 0 Å². The molecule has 1 amide bonds. The maximum atomic E-state index is 14.1. The zero-order valence-electron chi connectivity index (χ0n) is 20.6. The number of hydrogen-bond donors (Lipinski definition) is 2. The highest BCUT2D eigenvalue weighted by atomic mass is 19.1. The van der Waals surface area contributed by atoms with Crippen molar-refractivity contribution in [3.63, 3.8) is 0 Å². The van der Waals surface area contributed by atoms with Gasteiger partial charge in [0.25, 0.3) is 5.91 Å². The molecule has 4 heterocycles. The number of nitrogens with zero attached hydrogens (tertiary/aromatic N) is 6. The minimum atomic E-state index is -0.279. The van der Waals surface area contributed by atoms with E-state index in [1.165, 1.54) is 6.07 Å². The number of tetrazole rings is 1. The summed E-state index contributed by atoms with van der Waals surface area (Å²) in [5, 5.41) is 22.0. The summed E-state index contributed by atoms with van der Waals surface area (Å²) >= 11 is 0. The fourth-order valence-electron chi connectivity index (χ4n) is 5.79. The van der Waals surface area contributed by atoms with E-state index in [-0.39, 0.29) is 29.7 Å². The van der Waals surface area contributed by atoms with Gasteiger partial charge in [-0.15, -0.1) is 10.2 Å². The highest BCUT2D eigenvalue weighted by Gasteiger charge is 2.30. The van der Waals surface area contributed by atoms with E-state index in [1.54, 1.807) is 30.0 Å². The number of aromatic nitrogens is 6. The van der Waals surface area contributed by atoms with Gasteiger partial charge in [-0.2, -0.15) is 10.3 Å². The standard InChI is InChI=1S/C26H29FN8O2/c1-37-24-9-6-17(27)13-20(24)22-3-2-11-34(22)19-10-12-35-23(14-19)21(15-28-35)26(36)29-18-7-4-16(5-8-18)25-30-32-33-31-25/h6,9-10,12-16,18,22H,2-5,7-8,11H2,1H3,(H,29,36)(H,30,31,32,33)/t16?,18?,22-/m1/s1. The van der Waals surface area contributed by atoms with Crippen molar-refractivity contribution in [3.8, 4) is 5.75 Å². The molecule has 1 aliphatic carbocycles. The summed E-state index contributed by atoms with van der Waals surface area (Å²) in [6, 6.07) is 8.73. The molecule has 1 aromatic carbocycles. The number of fused-ring (bicyclic) bond motifs is 1. The van der Waals surface area contributed by atoms with E-state index in [9.17, 15) is 9.18 Å². The molecule has 37 heavy (non-hydrogen) atoms. The van der Waals surface area contributed by atoms with Crippen LogP contribution in [0.1, 0.15) is 72.2 Å². The first-order chi connectivity index (χ1) is 18.1. The number of rotatable bonds is 6. The van der Waals surface area contributed by atoms with Crippen LogP contribution in [0.4, 0.5) is 10.1 Å². The lowest BCUT2D eigenvalue weighted by molar-refractivity contribution is 0.0927. The summed E-state index contributed by atoms with van der Waals surface area (Å²) in [5.74, 6) is 1.30. The molecule has 6 rings (SSSR count). The van der Waals surface area contributed by atoms with Gasteiger partial charge in [0.05, 0.1) is 30.4 Å². The number of ether oxygens (including phenoxy) is 1. The molecule has 1 atom stereocenters. The van der Waals surface area contributed by atoms with Crippen molar-refractivity contribution in [2.45, 2.75) is 56.5 Å². The van der Waals surface area contributed by atoms with Crippen LogP contribution in [0.15, 0.2) is 42.7 Å². The molecule has 2 aliphatic rings. The quantitative estimate of drug-likeness (QED) is 0.411. The lowest BCUT2D eigenvalue weighted by atomic mass is 9.85. The zero-order chi connectivity index (χ0) is 25.4. The highest BCUT2D eigenvalue weighted by molar-refractivity contribution is 6.01. The Morgan fingerprint density at radius 2 is 2.03 bits per heavy atom. The van der Waals surface area contributed by atoms with Gasteiger partial charge in [0.2, 0.25) is 0 Å². The Bertz CT molecular complexity index is 1400. The number of pyridine rings is 1. The molecule has 1 aliphatic heterocycles. The van der Waals surface area contributed by atoms with Crippen LogP contribution in [0.3, 0.4) is 0 Å². The molecule has 1 saturated heterocycles. The van der Waals surface area contributed by atoms with Crippen molar-refractivity contribution < 1.29 is 13.9 Å². The number of H-pyrrole nitrogens is 1. The first-order valence-corrected chi connectivity index (χ1v) is 12.7. The van der Waals surface area contributed by atoms with E-state index in [0.29, 0.717) is 11.3 Å². The number of nitrogens with one attached hydrogen (secondary N) is 2. The van der Waals surface area contributed by atoms with Crippen molar-refractivity contribution in [3.05, 3.63) is 65.5 Å². The predicted molar refractivity (Wildman–Crippen MR) is 134 cm³/mol. The van der Waals surface area contributed by atoms with Crippen molar-refractivity contribution in [1.29, 1.82) is 0 Å². The normalized spacial score (nSPS) is 21.9. The fourth-order valence-corrected chi connectivity index (χ4v) is 5.79. The highest BCUT2D eigenvalue weighted by Crippen LogP contribution is 2.40. The Morgan fingerprint density at radius 1 is 1.16 bits per heavy atom. The molecule has 11 heteroatoms. The van der Waals surface area contributed by atoms with E-state index >= 15 is 0 Å². The van der Waals surface area contributed by atoms with Crippen molar-refractivity contribution in [1.82, 2.24) is 35.6 Å². The summed E-state index contributed by atoms with van der Waals surface area (Å²) in [6.45, 7) is 0.833. The third-order valence-corrected chi connectivity index (χ3v) is 7.67. The number of anilines is 1. The summed E-state index contributed by atoms with van der Waals surface area (Å²) in [6.07, 6.45) is 8.90. The number of aromatic amines is 1. The molecule has 0 unspecified atom stereocenters. The van der Waals surface area contributed by atoms with Gasteiger partial charge in [-0.25, -0.2) is 8.91 Å². The Morgan fingerprint density at radius 3 is 2.81 bits per heavy atom. The Balaban J connectivity index is 1.20. The van der Waals surface area contributed by atoms with Crippen molar-refractivity contribution >= 4 is 17.1 Å². The molecule has 1 saturated carbocycles. The number of hydrogen-bond acceptors (Lipinski definition) is 7. The number of amides is 1. The predicted octanol–water partition coefficient (Wildman–Crippen LogP) is 3.79. The first kappa shape index (κ1) is 23.4. The summed E-state index contributed by atoms with van der Waals surface area (Å²) in [4.78, 5) is 15.5. The second-order valence-corrected chi connectivity index (χ2v) is 9.80. The summed E-state index contributed by atoms with van der Waals surface area (Å²) in [5.41, 5.74) is 3.09. The zero-order valence-corrected chi connectivity index (χ0v) is 20.6. The van der Waals surface area contributed by atoms with Gasteiger partial charge in [-0.3, -0.25) is 4.79 Å². The van der Waals surface area contributed by atoms with Crippen LogP contribution in [0.25, 0.3) is 5.52 Å². The SMILES string of the molecule is COc1ccc(F)cc1[C@H]1CCCN1c1ccn2ncc(C(=O)NC3CCC(c4nn[nH]n4)CC3)c2c1. The topological polar surface area (TPSA) is 113 Å². The third-order valence-electron chi connectivity index (χ3n) is 7.67. The average Bonchev–Trinajstić information content (AvgIpc) is 3.69. The second kappa shape index (κ2) is 9.79. The Kier molecular flexibility index (Phi) is 6.19. The molecule has 3 aromatic heterocycles. The number of carbonyl (C=O) groups excluding carboxylic acids is 1. The first-order valence-electron chi connectivity index (χ1n) is 12.7. The lowest BCUT2D eigenvalue weighted by Gasteiger charge is -2.28. The monoisotopic (exact) mass is 504 g/mol. The van der Waals surface area contributed by atoms with Crippen molar-refractivity contribution in [2.75, 3.05) is 18.6 Å². The number of benzene rings is 1. The minimum absolute atomic E-state index is 0.0114. The molecule has 10 nitrogen and oxygen atoms in total.